The number of rotatable bonds is 3. The molecule has 1 heterocycles. The van der Waals surface area contributed by atoms with Gasteiger partial charge in [0.15, 0.2) is 9.84 Å². The molecule has 1 aliphatic rings. The Bertz CT molecular complexity index is 598. The Morgan fingerprint density at radius 1 is 1.45 bits per heavy atom. The Balaban J connectivity index is 2.21. The highest BCUT2D eigenvalue weighted by Gasteiger charge is 2.24. The molecule has 1 aromatic carbocycles. The van der Waals surface area contributed by atoms with Crippen molar-refractivity contribution in [3.05, 3.63) is 29.8 Å². The van der Waals surface area contributed by atoms with Gasteiger partial charge in [-0.1, -0.05) is 6.07 Å². The zero-order valence-electron chi connectivity index (χ0n) is 11.6. The molecule has 1 aromatic rings. The lowest BCUT2D eigenvalue weighted by atomic mass is 9.97. The van der Waals surface area contributed by atoms with Gasteiger partial charge in [0, 0.05) is 24.9 Å². The predicted octanol–water partition coefficient (Wildman–Crippen LogP) is 0.901. The Kier molecular flexibility index (Phi) is 4.45. The lowest BCUT2D eigenvalue weighted by molar-refractivity contribution is 0.0678. The average molecular weight is 296 g/mol. The van der Waals surface area contributed by atoms with Crippen molar-refractivity contribution in [1.82, 2.24) is 4.90 Å². The van der Waals surface area contributed by atoms with Crippen LogP contribution in [0, 0.1) is 5.92 Å². The van der Waals surface area contributed by atoms with Crippen LogP contribution < -0.4 is 5.73 Å². The van der Waals surface area contributed by atoms with E-state index in [1.54, 1.807) is 17.0 Å². The van der Waals surface area contributed by atoms with E-state index in [4.69, 9.17) is 5.73 Å². The van der Waals surface area contributed by atoms with E-state index in [2.05, 4.69) is 0 Å². The van der Waals surface area contributed by atoms with E-state index in [0.717, 1.165) is 19.1 Å². The Hall–Kier alpha value is -1.40. The highest BCUT2D eigenvalue weighted by atomic mass is 32.2. The van der Waals surface area contributed by atoms with E-state index in [0.29, 0.717) is 31.1 Å². The molecule has 0 saturated carbocycles. The predicted molar refractivity (Wildman–Crippen MR) is 77.2 cm³/mol. The van der Waals surface area contributed by atoms with Gasteiger partial charge in [0.1, 0.15) is 0 Å². The molecule has 0 spiro atoms. The van der Waals surface area contributed by atoms with Gasteiger partial charge in [-0.25, -0.2) is 8.42 Å². The van der Waals surface area contributed by atoms with Crippen molar-refractivity contribution in [2.24, 2.45) is 11.7 Å². The normalized spacial score (nSPS) is 19.9. The summed E-state index contributed by atoms with van der Waals surface area (Å²) in [5.41, 5.74) is 6.09. The third kappa shape index (κ3) is 3.37. The average Bonchev–Trinajstić information content (AvgIpc) is 2.46. The maximum Gasteiger partial charge on any atom is 0.253 e. The van der Waals surface area contributed by atoms with E-state index in [9.17, 15) is 13.2 Å². The molecular weight excluding hydrogens is 276 g/mol. The number of likely N-dealkylation sites (tertiary alicyclic amines) is 1. The zero-order valence-corrected chi connectivity index (χ0v) is 12.4. The Morgan fingerprint density at radius 3 is 2.85 bits per heavy atom. The number of nitrogens with two attached hydrogens (primary N) is 1. The van der Waals surface area contributed by atoms with Crippen molar-refractivity contribution in [1.29, 1.82) is 0 Å². The van der Waals surface area contributed by atoms with Crippen LogP contribution in [0.3, 0.4) is 0 Å². The van der Waals surface area contributed by atoms with Crippen LogP contribution in [0.15, 0.2) is 29.2 Å². The minimum Gasteiger partial charge on any atom is -0.338 e. The SMILES string of the molecule is CS(=O)(=O)c1cccc(C(=O)N2CCCC(CN)C2)c1. The number of nitrogens with zero attached hydrogens (tertiary/aromatic N) is 1. The number of carbonyl (C=O) groups excluding carboxylic acids is 1. The van der Waals surface area contributed by atoms with Crippen LogP contribution in [0.1, 0.15) is 23.2 Å². The fraction of sp³-hybridized carbons (Fsp3) is 0.500. The fourth-order valence-electron chi connectivity index (χ4n) is 2.48. The van der Waals surface area contributed by atoms with Crippen molar-refractivity contribution in [2.45, 2.75) is 17.7 Å². The van der Waals surface area contributed by atoms with E-state index < -0.39 is 9.84 Å². The summed E-state index contributed by atoms with van der Waals surface area (Å²) in [7, 11) is -3.30. The summed E-state index contributed by atoms with van der Waals surface area (Å²) < 4.78 is 23.1. The maximum absolute atomic E-state index is 12.4. The second-order valence-corrected chi connectivity index (χ2v) is 7.31. The number of carbonyl (C=O) groups is 1. The standard InChI is InChI=1S/C14H20N2O3S/c1-20(18,19)13-6-2-5-12(8-13)14(17)16-7-3-4-11(9-15)10-16/h2,5-6,8,11H,3-4,7,9-10,15H2,1H3. The van der Waals surface area contributed by atoms with Gasteiger partial charge in [0.05, 0.1) is 4.90 Å². The monoisotopic (exact) mass is 296 g/mol. The number of piperidine rings is 1. The zero-order chi connectivity index (χ0) is 14.8. The first-order chi connectivity index (χ1) is 9.41. The van der Waals surface area contributed by atoms with E-state index in [1.165, 1.54) is 12.1 Å². The first-order valence-corrected chi connectivity index (χ1v) is 8.60. The number of benzene rings is 1. The summed E-state index contributed by atoms with van der Waals surface area (Å²) in [5, 5.41) is 0. The van der Waals surface area contributed by atoms with E-state index in [-0.39, 0.29) is 10.8 Å². The molecule has 6 heteroatoms. The topological polar surface area (TPSA) is 80.5 Å². The molecule has 0 bridgehead atoms. The lowest BCUT2D eigenvalue weighted by Crippen LogP contribution is -2.42. The molecule has 2 N–H and O–H groups in total. The second kappa shape index (κ2) is 5.93. The lowest BCUT2D eigenvalue weighted by Gasteiger charge is -2.32. The third-order valence-corrected chi connectivity index (χ3v) is 4.76. The molecule has 1 atom stereocenters. The van der Waals surface area contributed by atoms with Gasteiger partial charge in [-0.15, -0.1) is 0 Å². The molecule has 1 fully saturated rings. The highest BCUT2D eigenvalue weighted by Crippen LogP contribution is 2.19. The van der Waals surface area contributed by atoms with Gasteiger partial charge >= 0.3 is 0 Å². The maximum atomic E-state index is 12.4. The highest BCUT2D eigenvalue weighted by molar-refractivity contribution is 7.90. The number of amides is 1. The van der Waals surface area contributed by atoms with Crippen LogP contribution >= 0.6 is 0 Å². The van der Waals surface area contributed by atoms with Gasteiger partial charge in [-0.05, 0) is 43.5 Å². The Morgan fingerprint density at radius 2 is 2.20 bits per heavy atom. The summed E-state index contributed by atoms with van der Waals surface area (Å²) >= 11 is 0. The van der Waals surface area contributed by atoms with Crippen molar-refractivity contribution >= 4 is 15.7 Å². The quantitative estimate of drug-likeness (QED) is 0.898. The number of sulfone groups is 1. The van der Waals surface area contributed by atoms with Gasteiger partial charge < -0.3 is 10.6 Å². The molecule has 0 radical (unpaired) electrons. The summed E-state index contributed by atoms with van der Waals surface area (Å²) in [6.07, 6.45) is 3.13. The van der Waals surface area contributed by atoms with Gasteiger partial charge in [0.25, 0.3) is 5.91 Å². The van der Waals surface area contributed by atoms with Gasteiger partial charge in [-0.2, -0.15) is 0 Å². The third-order valence-electron chi connectivity index (χ3n) is 3.65. The number of hydrogen-bond acceptors (Lipinski definition) is 4. The van der Waals surface area contributed by atoms with Crippen LogP contribution in [0.2, 0.25) is 0 Å². The second-order valence-electron chi connectivity index (χ2n) is 5.30. The van der Waals surface area contributed by atoms with Crippen molar-refractivity contribution in [3.8, 4) is 0 Å². The minimum atomic E-state index is -3.30. The molecule has 1 aliphatic heterocycles. The van der Waals surface area contributed by atoms with Crippen molar-refractivity contribution in [3.63, 3.8) is 0 Å². The van der Waals surface area contributed by atoms with Crippen LogP contribution in [0.25, 0.3) is 0 Å². The van der Waals surface area contributed by atoms with E-state index >= 15 is 0 Å². The largest absolute Gasteiger partial charge is 0.338 e. The summed E-state index contributed by atoms with van der Waals surface area (Å²) in [5.74, 6) is 0.222. The van der Waals surface area contributed by atoms with Crippen molar-refractivity contribution < 1.29 is 13.2 Å². The van der Waals surface area contributed by atoms with Gasteiger partial charge in [-0.3, -0.25) is 4.79 Å². The molecule has 110 valence electrons. The molecule has 1 saturated heterocycles. The molecule has 20 heavy (non-hydrogen) atoms. The van der Waals surface area contributed by atoms with E-state index in [1.807, 2.05) is 0 Å². The minimum absolute atomic E-state index is 0.117. The smallest absolute Gasteiger partial charge is 0.253 e. The molecule has 5 nitrogen and oxygen atoms in total. The fourth-order valence-corrected chi connectivity index (χ4v) is 3.15. The molecule has 2 rings (SSSR count). The Labute approximate surface area is 119 Å². The summed E-state index contributed by atoms with van der Waals surface area (Å²) in [6.45, 7) is 1.93. The van der Waals surface area contributed by atoms with Crippen LogP contribution in [-0.4, -0.2) is 45.1 Å². The summed E-state index contributed by atoms with van der Waals surface area (Å²) in [4.78, 5) is 14.4. The van der Waals surface area contributed by atoms with Crippen LogP contribution in [-0.2, 0) is 9.84 Å². The molecule has 1 amide bonds. The first-order valence-electron chi connectivity index (χ1n) is 6.71. The van der Waals surface area contributed by atoms with Crippen LogP contribution in [0.4, 0.5) is 0 Å². The van der Waals surface area contributed by atoms with Crippen molar-refractivity contribution in [2.75, 3.05) is 25.9 Å². The molecule has 0 aliphatic carbocycles. The summed E-state index contributed by atoms with van der Waals surface area (Å²) in [6, 6.07) is 6.21. The number of hydrogen-bond donors (Lipinski definition) is 1. The molecule has 0 aromatic heterocycles. The van der Waals surface area contributed by atoms with Crippen LogP contribution in [0.5, 0.6) is 0 Å². The van der Waals surface area contributed by atoms with Gasteiger partial charge in [0.2, 0.25) is 0 Å². The first kappa shape index (κ1) is 15.0. The molecule has 1 unspecified atom stereocenters. The molecular formula is C14H20N2O3S.